The predicted octanol–water partition coefficient (Wildman–Crippen LogP) is 3.11. The monoisotopic (exact) mass is 332 g/mol. The van der Waals surface area contributed by atoms with Gasteiger partial charge in [-0.05, 0) is 17.7 Å². The zero-order valence-electron chi connectivity index (χ0n) is 12.3. The van der Waals surface area contributed by atoms with E-state index >= 15 is 0 Å². The minimum absolute atomic E-state index is 0.206. The minimum atomic E-state index is -1.16. The molecule has 21 heavy (non-hydrogen) atoms. The zero-order valence-corrected chi connectivity index (χ0v) is 15.2. The Kier molecular flexibility index (Phi) is 5.14. The van der Waals surface area contributed by atoms with Gasteiger partial charge in [0.05, 0.1) is 5.97 Å². The Morgan fingerprint density at radius 3 is 2.43 bits per heavy atom. The summed E-state index contributed by atoms with van der Waals surface area (Å²) in [6, 6.07) is 12.6. The van der Waals surface area contributed by atoms with Crippen LogP contribution in [0, 0.1) is 0 Å². The Bertz CT molecular complexity index is 647. The van der Waals surface area contributed by atoms with Crippen LogP contribution in [0.4, 0.5) is 0 Å². The van der Waals surface area contributed by atoms with Gasteiger partial charge in [-0.1, -0.05) is 30.3 Å². The molecule has 0 spiro atoms. The summed E-state index contributed by atoms with van der Waals surface area (Å²) < 4.78 is 6.64. The molecule has 0 fully saturated rings. The molecule has 0 atom stereocenters. The van der Waals surface area contributed by atoms with Gasteiger partial charge in [-0.2, -0.15) is 0 Å². The van der Waals surface area contributed by atoms with Gasteiger partial charge in [0, 0.05) is 17.5 Å². The molecule has 4 heteroatoms. The average molecular weight is 334 g/mol. The number of aromatic carboxylic acids is 1. The molecule has 0 aromatic heterocycles. The number of hydrogen-bond acceptors (Lipinski definition) is 3. The number of hydrogen-bond donors (Lipinski definition) is 0. The second-order valence-electron chi connectivity index (χ2n) is 5.35. The smallest absolute Gasteiger partial charge is 0.131 e. The number of ether oxygens (including phenoxy) is 1. The van der Waals surface area contributed by atoms with Crippen molar-refractivity contribution < 1.29 is 32.9 Å². The number of carbonyl (C=O) groups is 1. The summed E-state index contributed by atoms with van der Waals surface area (Å²) in [4.78, 5) is 11.0. The van der Waals surface area contributed by atoms with E-state index in [2.05, 4.69) is 13.8 Å². The molecule has 0 aliphatic carbocycles. The van der Waals surface area contributed by atoms with E-state index in [4.69, 9.17) is 4.74 Å². The summed E-state index contributed by atoms with van der Waals surface area (Å²) in [6.45, 7) is 4.44. The van der Waals surface area contributed by atoms with Crippen molar-refractivity contribution in [2.45, 2.75) is 24.8 Å². The maximum atomic E-state index is 11.0. The first-order chi connectivity index (χ1) is 9.99. The van der Waals surface area contributed by atoms with Crippen molar-refractivity contribution in [3.05, 3.63) is 59.2 Å². The van der Waals surface area contributed by atoms with Crippen LogP contribution < -0.4 is 9.84 Å². The fourth-order valence-corrected chi connectivity index (χ4v) is 2.09. The van der Waals surface area contributed by atoms with E-state index in [1.807, 2.05) is 24.3 Å². The van der Waals surface area contributed by atoms with Crippen molar-refractivity contribution in [2.75, 3.05) is 0 Å². The van der Waals surface area contributed by atoms with Crippen LogP contribution in [0.2, 0.25) is 4.51 Å². The van der Waals surface area contributed by atoms with Crippen LogP contribution in [0.1, 0.15) is 35.3 Å². The summed E-state index contributed by atoms with van der Waals surface area (Å²) in [5.74, 6) is 0.228. The van der Waals surface area contributed by atoms with Gasteiger partial charge in [-0.3, -0.25) is 0 Å². The Balaban J connectivity index is 0.000000361. The molecule has 0 saturated heterocycles. The molecule has 0 bridgehead atoms. The summed E-state index contributed by atoms with van der Waals surface area (Å²) in [5, 5.41) is 11.0. The first-order valence-corrected chi connectivity index (χ1v) is 8.62. The van der Waals surface area contributed by atoms with E-state index in [9.17, 15) is 9.90 Å². The molecular formula is C17H16O3Zn. The number of fused-ring (bicyclic) bond motifs is 2. The normalized spacial score (nSPS) is 11.7. The first kappa shape index (κ1) is 15.7. The Hall–Kier alpha value is -1.67. The minimum Gasteiger partial charge on any atom is -0.545 e. The Labute approximate surface area is 134 Å². The third-order valence-corrected chi connectivity index (χ3v) is 2.91. The van der Waals surface area contributed by atoms with E-state index in [1.165, 1.54) is 18.3 Å². The van der Waals surface area contributed by atoms with Crippen molar-refractivity contribution >= 4 is 5.97 Å². The fourth-order valence-electron chi connectivity index (χ4n) is 2.09. The second kappa shape index (κ2) is 6.86. The number of carbonyl (C=O) groups excluding carboxylic acids is 1. The predicted molar refractivity (Wildman–Crippen MR) is 75.2 cm³/mol. The second-order valence-corrected chi connectivity index (χ2v) is 8.78. The van der Waals surface area contributed by atoms with Gasteiger partial charge in [0.1, 0.15) is 11.5 Å². The molecule has 0 N–H and O–H groups in total. The SMILES string of the molecule is C[CH](C)[Zn+].O=C([O-])c1cccc2c1Cc1ccccc1O2. The van der Waals surface area contributed by atoms with Gasteiger partial charge in [0.15, 0.2) is 0 Å². The van der Waals surface area contributed by atoms with Crippen LogP contribution in [0.3, 0.4) is 0 Å². The summed E-state index contributed by atoms with van der Waals surface area (Å²) >= 11 is 1.43. The standard InChI is InChI=1S/C14H10O3.C3H7.Zn/c15-14(16)10-5-3-7-13-11(10)8-9-4-1-2-6-12(9)17-13;1-3-2;/h1-7H,8H2,(H,15,16);3H,1-2H3;/q;;+1/p-1. The maximum absolute atomic E-state index is 11.0. The van der Waals surface area contributed by atoms with Crippen LogP contribution >= 0.6 is 0 Å². The number of carboxylic acids is 1. The molecule has 104 valence electrons. The van der Waals surface area contributed by atoms with Crippen molar-refractivity contribution in [2.24, 2.45) is 0 Å². The third-order valence-electron chi connectivity index (χ3n) is 2.91. The molecule has 1 heterocycles. The molecule has 0 saturated carbocycles. The molecule has 1 aliphatic heterocycles. The number of rotatable bonds is 1. The van der Waals surface area contributed by atoms with Crippen LogP contribution in [0.15, 0.2) is 42.5 Å². The summed E-state index contributed by atoms with van der Waals surface area (Å²) in [7, 11) is 0. The Morgan fingerprint density at radius 1 is 1.14 bits per heavy atom. The number of carboxylic acid groups (broad SMARTS) is 1. The fraction of sp³-hybridized carbons (Fsp3) is 0.235. The summed E-state index contributed by atoms with van der Waals surface area (Å²) in [5.41, 5.74) is 1.89. The van der Waals surface area contributed by atoms with E-state index in [0.29, 0.717) is 17.7 Å². The summed E-state index contributed by atoms with van der Waals surface area (Å²) in [6.07, 6.45) is 0.565. The van der Waals surface area contributed by atoms with Crippen LogP contribution in [0.5, 0.6) is 11.5 Å². The Morgan fingerprint density at radius 2 is 1.76 bits per heavy atom. The van der Waals surface area contributed by atoms with Crippen LogP contribution in [-0.4, -0.2) is 5.97 Å². The van der Waals surface area contributed by atoms with Gasteiger partial charge in [-0.15, -0.1) is 0 Å². The molecule has 1 aliphatic rings. The largest absolute Gasteiger partial charge is 0.545 e. The van der Waals surface area contributed by atoms with Gasteiger partial charge in [0.25, 0.3) is 0 Å². The number of benzene rings is 2. The van der Waals surface area contributed by atoms with E-state index < -0.39 is 5.97 Å². The topological polar surface area (TPSA) is 49.4 Å². The molecule has 2 aromatic rings. The molecular weight excluding hydrogens is 318 g/mol. The third kappa shape index (κ3) is 3.92. The van der Waals surface area contributed by atoms with Gasteiger partial charge in [-0.25, -0.2) is 0 Å². The molecule has 0 unspecified atom stereocenters. The average Bonchev–Trinajstić information content (AvgIpc) is 2.43. The molecule has 3 rings (SSSR count). The molecule has 0 radical (unpaired) electrons. The molecule has 3 nitrogen and oxygen atoms in total. The van der Waals surface area contributed by atoms with Crippen molar-refractivity contribution in [1.82, 2.24) is 0 Å². The zero-order chi connectivity index (χ0) is 15.4. The van der Waals surface area contributed by atoms with Gasteiger partial charge in [0.2, 0.25) is 0 Å². The van der Waals surface area contributed by atoms with E-state index in [1.54, 1.807) is 18.2 Å². The van der Waals surface area contributed by atoms with Crippen LogP contribution in [0.25, 0.3) is 0 Å². The quantitative estimate of drug-likeness (QED) is 0.643. The van der Waals surface area contributed by atoms with E-state index in [0.717, 1.165) is 15.8 Å². The van der Waals surface area contributed by atoms with Gasteiger partial charge < -0.3 is 14.6 Å². The van der Waals surface area contributed by atoms with Crippen molar-refractivity contribution in [3.8, 4) is 11.5 Å². The first-order valence-electron chi connectivity index (χ1n) is 6.91. The van der Waals surface area contributed by atoms with Crippen molar-refractivity contribution in [3.63, 3.8) is 0 Å². The van der Waals surface area contributed by atoms with Gasteiger partial charge >= 0.3 is 36.7 Å². The maximum Gasteiger partial charge on any atom is 0.131 e. The van der Waals surface area contributed by atoms with Crippen LogP contribution in [-0.2, 0) is 24.7 Å². The van der Waals surface area contributed by atoms with Crippen molar-refractivity contribution in [1.29, 1.82) is 0 Å². The number of para-hydroxylation sites is 1. The molecule has 0 amide bonds. The molecule has 2 aromatic carbocycles. The van der Waals surface area contributed by atoms with E-state index in [-0.39, 0.29) is 5.56 Å².